The second kappa shape index (κ2) is 6.47. The van der Waals surface area contributed by atoms with Crippen LogP contribution in [0, 0.1) is 41.4 Å². The highest BCUT2D eigenvalue weighted by molar-refractivity contribution is 5.13. The van der Waals surface area contributed by atoms with Crippen LogP contribution in [-0.4, -0.2) is 12.6 Å². The van der Waals surface area contributed by atoms with Gasteiger partial charge in [-0.2, -0.15) is 0 Å². The van der Waals surface area contributed by atoms with Crippen LogP contribution in [0.4, 0.5) is 0 Å². The molecule has 8 unspecified atom stereocenters. The van der Waals surface area contributed by atoms with Crippen LogP contribution >= 0.6 is 0 Å². The molecule has 8 atom stereocenters. The van der Waals surface area contributed by atoms with E-state index in [1.54, 1.807) is 0 Å². The molecule has 2 aliphatic carbocycles. The van der Waals surface area contributed by atoms with E-state index in [9.17, 15) is 0 Å². The maximum Gasteiger partial charge on any atom is 0.0132 e. The van der Waals surface area contributed by atoms with E-state index in [1.165, 1.54) is 12.8 Å². The molecular formula is C19H33N. The van der Waals surface area contributed by atoms with Gasteiger partial charge in [-0.15, -0.1) is 13.2 Å². The fourth-order valence-corrected chi connectivity index (χ4v) is 5.19. The molecule has 1 N–H and O–H groups in total. The smallest absolute Gasteiger partial charge is 0.0132 e. The van der Waals surface area contributed by atoms with E-state index in [4.69, 9.17) is 0 Å². The van der Waals surface area contributed by atoms with Gasteiger partial charge in [0.1, 0.15) is 0 Å². The highest BCUT2D eigenvalue weighted by atomic mass is 14.9. The molecule has 2 saturated carbocycles. The third-order valence-electron chi connectivity index (χ3n) is 6.16. The maximum absolute atomic E-state index is 4.11. The lowest BCUT2D eigenvalue weighted by molar-refractivity contribution is 0.158. The Labute approximate surface area is 125 Å². The van der Waals surface area contributed by atoms with Crippen molar-refractivity contribution in [2.24, 2.45) is 41.4 Å². The second-order valence-corrected chi connectivity index (χ2v) is 7.09. The zero-order valence-corrected chi connectivity index (χ0v) is 13.8. The predicted octanol–water partition coefficient (Wildman–Crippen LogP) is 4.52. The number of fused-ring (bicyclic) bond motifs is 1. The summed E-state index contributed by atoms with van der Waals surface area (Å²) < 4.78 is 0. The number of hydrogen-bond acceptors (Lipinski definition) is 1. The summed E-state index contributed by atoms with van der Waals surface area (Å²) in [5.41, 5.74) is 0. The molecule has 0 spiro atoms. The molecule has 0 bridgehead atoms. The molecule has 20 heavy (non-hydrogen) atoms. The summed E-state index contributed by atoms with van der Waals surface area (Å²) in [6, 6.07) is 0.637. The number of nitrogens with one attached hydrogen (secondary N) is 1. The van der Waals surface area contributed by atoms with Gasteiger partial charge in [-0.1, -0.05) is 39.8 Å². The summed E-state index contributed by atoms with van der Waals surface area (Å²) in [7, 11) is 0. The Morgan fingerprint density at radius 3 is 2.45 bits per heavy atom. The SMILES string of the molecule is C=CC(CC)C1C(C)CC2C(C=C)C2C(C)C1NCC. The molecule has 1 heteroatoms. The molecule has 2 rings (SSSR count). The average molecular weight is 275 g/mol. The highest BCUT2D eigenvalue weighted by Gasteiger charge is 2.56. The van der Waals surface area contributed by atoms with Crippen molar-refractivity contribution >= 4 is 0 Å². The lowest BCUT2D eigenvalue weighted by Gasteiger charge is -2.39. The lowest BCUT2D eigenvalue weighted by Crippen LogP contribution is -2.46. The van der Waals surface area contributed by atoms with Crippen molar-refractivity contribution in [3.63, 3.8) is 0 Å². The van der Waals surface area contributed by atoms with E-state index in [-0.39, 0.29) is 0 Å². The second-order valence-electron chi connectivity index (χ2n) is 7.09. The minimum atomic E-state index is 0.637. The number of hydrogen-bond donors (Lipinski definition) is 1. The third kappa shape index (κ3) is 2.62. The molecule has 1 nitrogen and oxygen atoms in total. The van der Waals surface area contributed by atoms with E-state index in [2.05, 4.69) is 58.3 Å². The van der Waals surface area contributed by atoms with Gasteiger partial charge in [0.05, 0.1) is 0 Å². The summed E-state index contributed by atoms with van der Waals surface area (Å²) in [6.07, 6.45) is 7.02. The minimum absolute atomic E-state index is 0.637. The Morgan fingerprint density at radius 2 is 1.95 bits per heavy atom. The average Bonchev–Trinajstić information content (AvgIpc) is 3.15. The number of allylic oxidation sites excluding steroid dienone is 2. The van der Waals surface area contributed by atoms with Crippen molar-refractivity contribution in [3.05, 3.63) is 25.3 Å². The van der Waals surface area contributed by atoms with E-state index >= 15 is 0 Å². The highest BCUT2D eigenvalue weighted by Crippen LogP contribution is 2.60. The first-order valence-electron chi connectivity index (χ1n) is 8.59. The quantitative estimate of drug-likeness (QED) is 0.703. The Kier molecular flexibility index (Phi) is 5.12. The molecule has 0 aromatic carbocycles. The predicted molar refractivity (Wildman–Crippen MR) is 88.5 cm³/mol. The Morgan fingerprint density at radius 1 is 1.25 bits per heavy atom. The van der Waals surface area contributed by atoms with Crippen molar-refractivity contribution in [1.29, 1.82) is 0 Å². The van der Waals surface area contributed by atoms with Crippen LogP contribution in [0.1, 0.15) is 40.5 Å². The molecule has 2 fully saturated rings. The van der Waals surface area contributed by atoms with Crippen LogP contribution in [0.2, 0.25) is 0 Å². The van der Waals surface area contributed by atoms with Crippen LogP contribution in [0.25, 0.3) is 0 Å². The maximum atomic E-state index is 4.11. The lowest BCUT2D eigenvalue weighted by atomic mass is 9.71. The van der Waals surface area contributed by atoms with Crippen molar-refractivity contribution < 1.29 is 0 Å². The van der Waals surface area contributed by atoms with Gasteiger partial charge < -0.3 is 5.32 Å². The molecule has 0 saturated heterocycles. The Hall–Kier alpha value is -0.560. The summed E-state index contributed by atoms with van der Waals surface area (Å²) in [6.45, 7) is 18.7. The van der Waals surface area contributed by atoms with Crippen molar-refractivity contribution in [2.75, 3.05) is 6.54 Å². The fraction of sp³-hybridized carbons (Fsp3) is 0.789. The van der Waals surface area contributed by atoms with Gasteiger partial charge in [0, 0.05) is 6.04 Å². The van der Waals surface area contributed by atoms with E-state index in [0.29, 0.717) is 12.0 Å². The normalized spacial score (nSPS) is 45.1. The standard InChI is InChI=1S/C19H33N/c1-7-14(8-2)17-12(5)11-16-15(9-3)18(16)13(6)19(17)20-10-4/h7,9,12-20H,1,3,8,10-11H2,2,4-6H3. The van der Waals surface area contributed by atoms with Crippen LogP contribution < -0.4 is 5.32 Å². The topological polar surface area (TPSA) is 12.0 Å². The zero-order valence-electron chi connectivity index (χ0n) is 13.8. The first-order chi connectivity index (χ1) is 9.60. The van der Waals surface area contributed by atoms with Crippen LogP contribution in [0.15, 0.2) is 25.3 Å². The van der Waals surface area contributed by atoms with Crippen LogP contribution in [-0.2, 0) is 0 Å². The number of rotatable bonds is 6. The van der Waals surface area contributed by atoms with Gasteiger partial charge in [-0.25, -0.2) is 0 Å². The molecular weight excluding hydrogens is 242 g/mol. The molecule has 0 radical (unpaired) electrons. The van der Waals surface area contributed by atoms with Crippen molar-refractivity contribution in [3.8, 4) is 0 Å². The first-order valence-corrected chi connectivity index (χ1v) is 8.59. The van der Waals surface area contributed by atoms with Gasteiger partial charge in [-0.05, 0) is 60.8 Å². The van der Waals surface area contributed by atoms with Crippen molar-refractivity contribution in [2.45, 2.75) is 46.6 Å². The van der Waals surface area contributed by atoms with Crippen molar-refractivity contribution in [1.82, 2.24) is 5.32 Å². The van der Waals surface area contributed by atoms with Crippen LogP contribution in [0.5, 0.6) is 0 Å². The molecule has 2 aliphatic rings. The summed E-state index contributed by atoms with van der Waals surface area (Å²) in [5, 5.41) is 3.82. The molecule has 0 aromatic heterocycles. The molecule has 0 aliphatic heterocycles. The van der Waals surface area contributed by atoms with Gasteiger partial charge >= 0.3 is 0 Å². The minimum Gasteiger partial charge on any atom is -0.314 e. The molecule has 0 amide bonds. The summed E-state index contributed by atoms with van der Waals surface area (Å²) in [5.74, 6) is 5.47. The summed E-state index contributed by atoms with van der Waals surface area (Å²) in [4.78, 5) is 0. The third-order valence-corrected chi connectivity index (χ3v) is 6.16. The van der Waals surface area contributed by atoms with E-state index in [1.807, 2.05) is 0 Å². The van der Waals surface area contributed by atoms with Gasteiger partial charge in [0.25, 0.3) is 0 Å². The largest absolute Gasteiger partial charge is 0.314 e. The first kappa shape index (κ1) is 15.8. The molecule has 0 aromatic rings. The fourth-order valence-electron chi connectivity index (χ4n) is 5.19. The van der Waals surface area contributed by atoms with Crippen LogP contribution in [0.3, 0.4) is 0 Å². The summed E-state index contributed by atoms with van der Waals surface area (Å²) >= 11 is 0. The van der Waals surface area contributed by atoms with Gasteiger partial charge in [0.2, 0.25) is 0 Å². The zero-order chi connectivity index (χ0) is 14.9. The van der Waals surface area contributed by atoms with E-state index in [0.717, 1.165) is 42.1 Å². The monoisotopic (exact) mass is 275 g/mol. The van der Waals surface area contributed by atoms with Gasteiger partial charge in [-0.3, -0.25) is 0 Å². The molecule has 0 heterocycles. The van der Waals surface area contributed by atoms with Gasteiger partial charge in [0.15, 0.2) is 0 Å². The molecule has 114 valence electrons. The van der Waals surface area contributed by atoms with E-state index < -0.39 is 0 Å². The Balaban J connectivity index is 2.26. The Bertz CT molecular complexity index is 348.